The van der Waals surface area contributed by atoms with Crippen LogP contribution in [-0.2, 0) is 12.8 Å². The van der Waals surface area contributed by atoms with Crippen LogP contribution in [0, 0.1) is 0 Å². The molecule has 26 heavy (non-hydrogen) atoms. The van der Waals surface area contributed by atoms with E-state index in [4.69, 9.17) is 27.3 Å². The van der Waals surface area contributed by atoms with Gasteiger partial charge in [0.25, 0.3) is 0 Å². The van der Waals surface area contributed by atoms with Gasteiger partial charge in [-0.15, -0.1) is 0 Å². The molecule has 0 amide bonds. The van der Waals surface area contributed by atoms with Gasteiger partial charge in [-0.3, -0.25) is 0 Å². The lowest BCUT2D eigenvalue weighted by molar-refractivity contribution is 0.170. The number of aliphatic hydroxyl groups excluding tert-OH is 1. The third-order valence-corrected chi connectivity index (χ3v) is 5.85. The van der Waals surface area contributed by atoms with Gasteiger partial charge in [0.2, 0.25) is 0 Å². The molecule has 0 saturated carbocycles. The molecule has 3 N–H and O–H groups in total. The van der Waals surface area contributed by atoms with E-state index in [1.165, 1.54) is 24.1 Å². The predicted molar refractivity (Wildman–Crippen MR) is 105 cm³/mol. The van der Waals surface area contributed by atoms with E-state index in [9.17, 15) is 5.11 Å². The summed E-state index contributed by atoms with van der Waals surface area (Å²) in [5, 5.41) is 10.2. The Labute approximate surface area is 159 Å². The zero-order valence-electron chi connectivity index (χ0n) is 14.9. The van der Waals surface area contributed by atoms with Crippen molar-refractivity contribution in [2.75, 3.05) is 24.6 Å². The maximum atomic E-state index is 9.54. The molecule has 1 aliphatic heterocycles. The van der Waals surface area contributed by atoms with Crippen LogP contribution in [0.5, 0.6) is 0 Å². The first-order valence-corrected chi connectivity index (χ1v) is 9.76. The Hall–Kier alpha value is -1.69. The van der Waals surface area contributed by atoms with Gasteiger partial charge in [0, 0.05) is 40.5 Å². The maximum absolute atomic E-state index is 9.54. The molecule has 1 aliphatic carbocycles. The Morgan fingerprint density at radius 1 is 1.15 bits per heavy atom. The van der Waals surface area contributed by atoms with Gasteiger partial charge in [0.05, 0.1) is 6.61 Å². The Morgan fingerprint density at radius 2 is 1.92 bits per heavy atom. The molecular weight excluding hydrogens is 348 g/mol. The van der Waals surface area contributed by atoms with E-state index >= 15 is 0 Å². The Morgan fingerprint density at radius 3 is 2.65 bits per heavy atom. The van der Waals surface area contributed by atoms with Crippen LogP contribution in [0.25, 0.3) is 11.4 Å². The second-order valence-electron chi connectivity index (χ2n) is 7.52. The van der Waals surface area contributed by atoms with Crippen molar-refractivity contribution in [3.8, 4) is 11.4 Å². The molecule has 1 aromatic heterocycles. The van der Waals surface area contributed by atoms with Crippen molar-refractivity contribution >= 4 is 17.4 Å². The normalized spacial score (nSPS) is 19.3. The molecule has 4 rings (SSSR count). The van der Waals surface area contributed by atoms with Crippen molar-refractivity contribution in [1.29, 1.82) is 0 Å². The zero-order valence-corrected chi connectivity index (χ0v) is 15.7. The van der Waals surface area contributed by atoms with Crippen LogP contribution in [0.1, 0.15) is 36.9 Å². The molecular formula is C20H25ClN4O. The van der Waals surface area contributed by atoms with Crippen LogP contribution in [0.15, 0.2) is 24.3 Å². The van der Waals surface area contributed by atoms with Crippen molar-refractivity contribution in [2.45, 2.75) is 44.1 Å². The van der Waals surface area contributed by atoms with Gasteiger partial charge in [-0.2, -0.15) is 0 Å². The second-order valence-corrected chi connectivity index (χ2v) is 7.96. The largest absolute Gasteiger partial charge is 0.394 e. The Bertz CT molecular complexity index is 802. The first kappa shape index (κ1) is 17.7. The number of anilines is 1. The third-order valence-electron chi connectivity index (χ3n) is 5.62. The minimum atomic E-state index is -0.459. The van der Waals surface area contributed by atoms with Crippen molar-refractivity contribution < 1.29 is 5.11 Å². The molecule has 2 aromatic rings. The van der Waals surface area contributed by atoms with Gasteiger partial charge >= 0.3 is 0 Å². The average Bonchev–Trinajstić information content (AvgIpc) is 2.68. The SMILES string of the molecule is NC1(CO)CCN(c2nc(-c3cccc(Cl)c3)nc3c2CCCC3)CC1. The molecule has 1 aromatic carbocycles. The summed E-state index contributed by atoms with van der Waals surface area (Å²) >= 11 is 6.17. The molecule has 0 spiro atoms. The first-order valence-electron chi connectivity index (χ1n) is 9.38. The molecule has 2 aliphatic rings. The van der Waals surface area contributed by atoms with Gasteiger partial charge < -0.3 is 15.7 Å². The van der Waals surface area contributed by atoms with Gasteiger partial charge in [-0.25, -0.2) is 9.97 Å². The molecule has 5 nitrogen and oxygen atoms in total. The van der Waals surface area contributed by atoms with Crippen LogP contribution in [0.2, 0.25) is 5.02 Å². The standard InChI is InChI=1S/C20H25ClN4O/c21-15-5-3-4-14(12-15)18-23-17-7-2-1-6-16(17)19(24-18)25-10-8-20(22,13-26)9-11-25/h3-5,12,26H,1-2,6-11,13,22H2. The Kier molecular flexibility index (Phi) is 4.86. The monoisotopic (exact) mass is 372 g/mol. The molecule has 6 heteroatoms. The second kappa shape index (κ2) is 7.14. The fourth-order valence-corrected chi connectivity index (χ4v) is 4.10. The number of halogens is 1. The zero-order chi connectivity index (χ0) is 18.1. The molecule has 1 fully saturated rings. The van der Waals surface area contributed by atoms with E-state index in [2.05, 4.69) is 4.90 Å². The number of aromatic nitrogens is 2. The van der Waals surface area contributed by atoms with E-state index in [-0.39, 0.29) is 6.61 Å². The summed E-state index contributed by atoms with van der Waals surface area (Å²) < 4.78 is 0. The molecule has 0 atom stereocenters. The molecule has 0 radical (unpaired) electrons. The number of hydrogen-bond donors (Lipinski definition) is 2. The molecule has 1 saturated heterocycles. The quantitative estimate of drug-likeness (QED) is 0.866. The maximum Gasteiger partial charge on any atom is 0.161 e. The number of aliphatic hydroxyl groups is 1. The lowest BCUT2D eigenvalue weighted by atomic mass is 9.89. The number of piperidine rings is 1. The van der Waals surface area contributed by atoms with Crippen molar-refractivity contribution in [3.63, 3.8) is 0 Å². The van der Waals surface area contributed by atoms with E-state index < -0.39 is 5.54 Å². The van der Waals surface area contributed by atoms with Gasteiger partial charge in [-0.1, -0.05) is 23.7 Å². The van der Waals surface area contributed by atoms with E-state index in [1.807, 2.05) is 24.3 Å². The van der Waals surface area contributed by atoms with Crippen LogP contribution < -0.4 is 10.6 Å². The predicted octanol–water partition coefficient (Wildman–Crippen LogP) is 2.97. The van der Waals surface area contributed by atoms with Gasteiger partial charge in [0.15, 0.2) is 5.82 Å². The fraction of sp³-hybridized carbons (Fsp3) is 0.500. The highest BCUT2D eigenvalue weighted by Crippen LogP contribution is 2.33. The minimum Gasteiger partial charge on any atom is -0.394 e. The van der Waals surface area contributed by atoms with E-state index in [0.717, 1.165) is 56.0 Å². The van der Waals surface area contributed by atoms with Crippen LogP contribution >= 0.6 is 11.6 Å². The summed E-state index contributed by atoms with van der Waals surface area (Å²) in [6.07, 6.45) is 5.94. The smallest absolute Gasteiger partial charge is 0.161 e. The van der Waals surface area contributed by atoms with Crippen molar-refractivity contribution in [2.24, 2.45) is 5.73 Å². The van der Waals surface area contributed by atoms with Gasteiger partial charge in [-0.05, 0) is 50.7 Å². The highest BCUT2D eigenvalue weighted by atomic mass is 35.5. The lowest BCUT2D eigenvalue weighted by Gasteiger charge is -2.39. The number of rotatable bonds is 3. The fourth-order valence-electron chi connectivity index (χ4n) is 3.91. The summed E-state index contributed by atoms with van der Waals surface area (Å²) in [4.78, 5) is 12.1. The van der Waals surface area contributed by atoms with Crippen LogP contribution in [-0.4, -0.2) is 40.3 Å². The lowest BCUT2D eigenvalue weighted by Crippen LogP contribution is -2.53. The van der Waals surface area contributed by atoms with Crippen LogP contribution in [0.3, 0.4) is 0 Å². The molecule has 0 unspecified atom stereocenters. The van der Waals surface area contributed by atoms with E-state index in [1.54, 1.807) is 0 Å². The van der Waals surface area contributed by atoms with Gasteiger partial charge in [0.1, 0.15) is 5.82 Å². The van der Waals surface area contributed by atoms with Crippen molar-refractivity contribution in [3.05, 3.63) is 40.5 Å². The number of nitrogens with two attached hydrogens (primary N) is 1. The summed E-state index contributed by atoms with van der Waals surface area (Å²) in [6, 6.07) is 7.73. The average molecular weight is 373 g/mol. The summed E-state index contributed by atoms with van der Waals surface area (Å²) in [6.45, 7) is 1.67. The highest BCUT2D eigenvalue weighted by molar-refractivity contribution is 6.30. The summed E-state index contributed by atoms with van der Waals surface area (Å²) in [5.41, 5.74) is 9.20. The summed E-state index contributed by atoms with van der Waals surface area (Å²) in [5.74, 6) is 1.79. The molecule has 0 bridgehead atoms. The molecule has 138 valence electrons. The third kappa shape index (κ3) is 3.43. The number of hydrogen-bond acceptors (Lipinski definition) is 5. The number of fused-ring (bicyclic) bond motifs is 1. The minimum absolute atomic E-state index is 0.0382. The van der Waals surface area contributed by atoms with Crippen molar-refractivity contribution in [1.82, 2.24) is 9.97 Å². The summed E-state index contributed by atoms with van der Waals surface area (Å²) in [7, 11) is 0. The topological polar surface area (TPSA) is 75.3 Å². The first-order chi connectivity index (χ1) is 12.6. The number of aryl methyl sites for hydroxylation is 1. The van der Waals surface area contributed by atoms with Crippen LogP contribution in [0.4, 0.5) is 5.82 Å². The highest BCUT2D eigenvalue weighted by Gasteiger charge is 2.32. The van der Waals surface area contributed by atoms with E-state index in [0.29, 0.717) is 5.02 Å². The number of benzene rings is 1. The Balaban J connectivity index is 1.72. The number of nitrogens with zero attached hydrogens (tertiary/aromatic N) is 3. The molecule has 2 heterocycles.